The highest BCUT2D eigenvalue weighted by Crippen LogP contribution is 2.24. The van der Waals surface area contributed by atoms with Gasteiger partial charge in [0.15, 0.2) is 0 Å². The summed E-state index contributed by atoms with van der Waals surface area (Å²) in [6, 6.07) is 0. The lowest BCUT2D eigenvalue weighted by atomic mass is 9.88. The predicted octanol–water partition coefficient (Wildman–Crippen LogP) is 0.419. The molecule has 2 rings (SSSR count). The van der Waals surface area contributed by atoms with Crippen LogP contribution in [0, 0.1) is 0 Å². The van der Waals surface area contributed by atoms with Crippen molar-refractivity contribution in [2.45, 2.75) is 24.9 Å². The molecule has 0 atom stereocenters. The lowest BCUT2D eigenvalue weighted by Crippen LogP contribution is -2.44. The third-order valence-corrected chi connectivity index (χ3v) is 3.33. The van der Waals surface area contributed by atoms with E-state index in [1.54, 1.807) is 6.20 Å². The Bertz CT molecular complexity index is 326. The first-order valence-electron chi connectivity index (χ1n) is 5.46. The van der Waals surface area contributed by atoms with Crippen LogP contribution in [0.5, 0.6) is 0 Å². The highest BCUT2D eigenvalue weighted by atomic mass is 16.3. The Kier molecular flexibility index (Phi) is 2.80. The third kappa shape index (κ3) is 2.38. The van der Waals surface area contributed by atoms with Crippen molar-refractivity contribution < 1.29 is 5.11 Å². The van der Waals surface area contributed by atoms with Crippen molar-refractivity contribution in [3.05, 3.63) is 18.2 Å². The molecule has 4 nitrogen and oxygen atoms in total. The fourth-order valence-electron chi connectivity index (χ4n) is 2.07. The van der Waals surface area contributed by atoms with E-state index in [1.807, 2.05) is 17.8 Å². The molecule has 1 aliphatic heterocycles. The van der Waals surface area contributed by atoms with Crippen molar-refractivity contribution in [3.63, 3.8) is 0 Å². The second-order valence-electron chi connectivity index (χ2n) is 4.66. The standard InChI is InChI=1S/C11H19N3O/c1-13-6-3-11(15,4-7-13)9-10-12-5-8-14(10)2/h5,8,15H,3-4,6-7,9H2,1-2H3. The van der Waals surface area contributed by atoms with Gasteiger partial charge in [-0.3, -0.25) is 0 Å². The van der Waals surface area contributed by atoms with Gasteiger partial charge in [-0.25, -0.2) is 4.98 Å². The van der Waals surface area contributed by atoms with Crippen LogP contribution in [-0.2, 0) is 13.5 Å². The molecule has 1 aliphatic rings. The van der Waals surface area contributed by atoms with Crippen molar-refractivity contribution in [2.24, 2.45) is 7.05 Å². The topological polar surface area (TPSA) is 41.3 Å². The van der Waals surface area contributed by atoms with Crippen molar-refractivity contribution >= 4 is 0 Å². The van der Waals surface area contributed by atoms with E-state index in [4.69, 9.17) is 0 Å². The van der Waals surface area contributed by atoms with Crippen molar-refractivity contribution in [2.75, 3.05) is 20.1 Å². The zero-order chi connectivity index (χ0) is 10.9. The summed E-state index contributed by atoms with van der Waals surface area (Å²) < 4.78 is 1.98. The zero-order valence-corrected chi connectivity index (χ0v) is 9.48. The van der Waals surface area contributed by atoms with Crippen molar-refractivity contribution in [1.82, 2.24) is 14.5 Å². The Hall–Kier alpha value is -0.870. The first kappa shape index (κ1) is 10.6. The molecular weight excluding hydrogens is 190 g/mol. The lowest BCUT2D eigenvalue weighted by molar-refractivity contribution is -0.0169. The quantitative estimate of drug-likeness (QED) is 0.767. The molecule has 1 saturated heterocycles. The van der Waals surface area contributed by atoms with Crippen LogP contribution in [-0.4, -0.2) is 45.3 Å². The Balaban J connectivity index is 2.02. The van der Waals surface area contributed by atoms with E-state index in [-0.39, 0.29) is 0 Å². The summed E-state index contributed by atoms with van der Waals surface area (Å²) in [4.78, 5) is 6.52. The van der Waals surface area contributed by atoms with Gasteiger partial charge in [0.25, 0.3) is 0 Å². The summed E-state index contributed by atoms with van der Waals surface area (Å²) in [7, 11) is 4.07. The Morgan fingerprint density at radius 3 is 2.60 bits per heavy atom. The van der Waals surface area contributed by atoms with E-state index in [0.29, 0.717) is 6.42 Å². The first-order chi connectivity index (χ1) is 7.09. The summed E-state index contributed by atoms with van der Waals surface area (Å²) in [5.41, 5.74) is -0.550. The van der Waals surface area contributed by atoms with E-state index in [0.717, 1.165) is 31.8 Å². The van der Waals surface area contributed by atoms with Crippen molar-refractivity contribution in [3.8, 4) is 0 Å². The van der Waals surface area contributed by atoms with E-state index in [2.05, 4.69) is 16.9 Å². The van der Waals surface area contributed by atoms with Crippen LogP contribution >= 0.6 is 0 Å². The molecule has 1 aromatic rings. The van der Waals surface area contributed by atoms with Gasteiger partial charge in [0.05, 0.1) is 5.60 Å². The Labute approximate surface area is 90.5 Å². The predicted molar refractivity (Wildman–Crippen MR) is 58.6 cm³/mol. The van der Waals surface area contributed by atoms with Gasteiger partial charge in [-0.2, -0.15) is 0 Å². The number of aliphatic hydroxyl groups is 1. The summed E-state index contributed by atoms with van der Waals surface area (Å²) in [5.74, 6) is 0.974. The van der Waals surface area contributed by atoms with E-state index in [1.165, 1.54) is 0 Å². The second kappa shape index (κ2) is 3.94. The summed E-state index contributed by atoms with van der Waals surface area (Å²) in [5, 5.41) is 10.4. The average Bonchev–Trinajstić information content (AvgIpc) is 2.58. The lowest BCUT2D eigenvalue weighted by Gasteiger charge is -2.36. The van der Waals surface area contributed by atoms with Crippen LogP contribution < -0.4 is 0 Å². The van der Waals surface area contributed by atoms with Crippen LogP contribution in [0.1, 0.15) is 18.7 Å². The molecule has 1 fully saturated rings. The van der Waals surface area contributed by atoms with Crippen LogP contribution in [0.4, 0.5) is 0 Å². The SMILES string of the molecule is CN1CCC(O)(Cc2nccn2C)CC1. The molecule has 4 heteroatoms. The van der Waals surface area contributed by atoms with Crippen molar-refractivity contribution in [1.29, 1.82) is 0 Å². The van der Waals surface area contributed by atoms with Gasteiger partial charge in [-0.05, 0) is 19.9 Å². The third-order valence-electron chi connectivity index (χ3n) is 3.33. The van der Waals surface area contributed by atoms with E-state index >= 15 is 0 Å². The first-order valence-corrected chi connectivity index (χ1v) is 5.46. The highest BCUT2D eigenvalue weighted by molar-refractivity contribution is 4.99. The number of aryl methyl sites for hydroxylation is 1. The van der Waals surface area contributed by atoms with Crippen LogP contribution in [0.25, 0.3) is 0 Å². The number of likely N-dealkylation sites (tertiary alicyclic amines) is 1. The second-order valence-corrected chi connectivity index (χ2v) is 4.66. The van der Waals surface area contributed by atoms with Crippen LogP contribution in [0.2, 0.25) is 0 Å². The molecule has 2 heterocycles. The summed E-state index contributed by atoms with van der Waals surface area (Å²) in [6.45, 7) is 1.95. The normalized spacial score (nSPS) is 21.8. The Morgan fingerprint density at radius 1 is 1.40 bits per heavy atom. The van der Waals surface area contributed by atoms with Gasteiger partial charge >= 0.3 is 0 Å². The fourth-order valence-corrected chi connectivity index (χ4v) is 2.07. The molecule has 1 N–H and O–H groups in total. The molecule has 0 unspecified atom stereocenters. The Morgan fingerprint density at radius 2 is 2.07 bits per heavy atom. The van der Waals surface area contributed by atoms with Crippen LogP contribution in [0.3, 0.4) is 0 Å². The zero-order valence-electron chi connectivity index (χ0n) is 9.48. The molecule has 84 valence electrons. The fraction of sp³-hybridized carbons (Fsp3) is 0.727. The largest absolute Gasteiger partial charge is 0.389 e. The summed E-state index contributed by atoms with van der Waals surface area (Å²) in [6.07, 6.45) is 6.07. The smallest absolute Gasteiger partial charge is 0.111 e. The minimum atomic E-state index is -0.550. The monoisotopic (exact) mass is 209 g/mol. The highest BCUT2D eigenvalue weighted by Gasteiger charge is 2.32. The summed E-state index contributed by atoms with van der Waals surface area (Å²) >= 11 is 0. The molecule has 0 saturated carbocycles. The number of hydrogen-bond acceptors (Lipinski definition) is 3. The minimum absolute atomic E-state index is 0.550. The van der Waals surface area contributed by atoms with Crippen LogP contribution in [0.15, 0.2) is 12.4 Å². The molecule has 15 heavy (non-hydrogen) atoms. The van der Waals surface area contributed by atoms with E-state index in [9.17, 15) is 5.11 Å². The number of nitrogens with zero attached hydrogens (tertiary/aromatic N) is 3. The van der Waals surface area contributed by atoms with Gasteiger partial charge in [0, 0.05) is 39.0 Å². The number of hydrogen-bond donors (Lipinski definition) is 1. The molecule has 1 aromatic heterocycles. The maximum atomic E-state index is 10.4. The molecule has 0 aliphatic carbocycles. The molecule has 0 bridgehead atoms. The van der Waals surface area contributed by atoms with Gasteiger partial charge in [0.2, 0.25) is 0 Å². The maximum Gasteiger partial charge on any atom is 0.111 e. The average molecular weight is 209 g/mol. The molecule has 0 aromatic carbocycles. The van der Waals surface area contributed by atoms with Gasteiger partial charge in [0.1, 0.15) is 5.82 Å². The van der Waals surface area contributed by atoms with Gasteiger partial charge < -0.3 is 14.6 Å². The minimum Gasteiger partial charge on any atom is -0.389 e. The number of rotatable bonds is 2. The maximum absolute atomic E-state index is 10.4. The number of imidazole rings is 1. The molecular formula is C11H19N3O. The molecule has 0 radical (unpaired) electrons. The van der Waals surface area contributed by atoms with E-state index < -0.39 is 5.60 Å². The molecule has 0 amide bonds. The number of aromatic nitrogens is 2. The van der Waals surface area contributed by atoms with Gasteiger partial charge in [-0.15, -0.1) is 0 Å². The number of piperidine rings is 1. The molecule has 0 spiro atoms. The van der Waals surface area contributed by atoms with Gasteiger partial charge in [-0.1, -0.05) is 0 Å².